The molecule has 5 heteroatoms. The fourth-order valence-electron chi connectivity index (χ4n) is 3.97. The van der Waals surface area contributed by atoms with Gasteiger partial charge in [0.2, 0.25) is 5.91 Å². The summed E-state index contributed by atoms with van der Waals surface area (Å²) in [6.45, 7) is 7.35. The summed E-state index contributed by atoms with van der Waals surface area (Å²) in [6, 6.07) is 15.8. The minimum atomic E-state index is -0.336. The second-order valence-electron chi connectivity index (χ2n) is 7.41. The summed E-state index contributed by atoms with van der Waals surface area (Å²) in [5, 5.41) is 0. The van der Waals surface area contributed by atoms with Crippen molar-refractivity contribution in [1.29, 1.82) is 0 Å². The first-order valence-electron chi connectivity index (χ1n) is 9.52. The number of carbonyl (C=O) groups is 2. The zero-order chi connectivity index (χ0) is 19.0. The molecule has 1 unspecified atom stereocenters. The third-order valence-electron chi connectivity index (χ3n) is 5.75. The van der Waals surface area contributed by atoms with Gasteiger partial charge in [-0.05, 0) is 49.2 Å². The van der Waals surface area contributed by atoms with Crippen molar-refractivity contribution in [2.45, 2.75) is 26.3 Å². The minimum Gasteiger partial charge on any atom is -0.369 e. The van der Waals surface area contributed by atoms with E-state index in [9.17, 15) is 9.59 Å². The number of benzene rings is 2. The van der Waals surface area contributed by atoms with Crippen LogP contribution in [0.25, 0.3) is 0 Å². The van der Waals surface area contributed by atoms with Gasteiger partial charge < -0.3 is 4.90 Å². The molecule has 0 bridgehead atoms. The van der Waals surface area contributed by atoms with E-state index in [2.05, 4.69) is 21.9 Å². The topological polar surface area (TPSA) is 43.9 Å². The first kappa shape index (κ1) is 17.7. The molecule has 2 fully saturated rings. The largest absolute Gasteiger partial charge is 0.369 e. The van der Waals surface area contributed by atoms with Crippen molar-refractivity contribution >= 4 is 23.2 Å². The van der Waals surface area contributed by atoms with E-state index in [1.54, 1.807) is 0 Å². The molecular formula is C22H25N3O2. The molecule has 0 saturated carbocycles. The van der Waals surface area contributed by atoms with E-state index in [1.807, 2.05) is 50.2 Å². The van der Waals surface area contributed by atoms with Crippen LogP contribution in [0.4, 0.5) is 11.4 Å². The van der Waals surface area contributed by atoms with Crippen LogP contribution in [-0.4, -0.2) is 48.9 Å². The van der Waals surface area contributed by atoms with E-state index in [-0.39, 0.29) is 24.3 Å². The molecule has 2 aromatic carbocycles. The number of piperazine rings is 1. The van der Waals surface area contributed by atoms with Gasteiger partial charge in [0.25, 0.3) is 5.91 Å². The van der Waals surface area contributed by atoms with Crippen molar-refractivity contribution in [2.24, 2.45) is 0 Å². The Hall–Kier alpha value is -2.66. The minimum absolute atomic E-state index is 0.0867. The Morgan fingerprint density at radius 1 is 0.815 bits per heavy atom. The molecule has 5 nitrogen and oxygen atoms in total. The van der Waals surface area contributed by atoms with Crippen LogP contribution in [0.15, 0.2) is 48.5 Å². The van der Waals surface area contributed by atoms with Crippen LogP contribution in [0, 0.1) is 13.8 Å². The van der Waals surface area contributed by atoms with Gasteiger partial charge in [-0.25, -0.2) is 4.90 Å². The third-order valence-corrected chi connectivity index (χ3v) is 5.75. The Morgan fingerprint density at radius 3 is 2.19 bits per heavy atom. The van der Waals surface area contributed by atoms with Crippen molar-refractivity contribution in [1.82, 2.24) is 4.90 Å². The van der Waals surface area contributed by atoms with Gasteiger partial charge in [-0.2, -0.15) is 0 Å². The molecule has 2 aromatic rings. The lowest BCUT2D eigenvalue weighted by atomic mass is 10.1. The smallest absolute Gasteiger partial charge is 0.251 e. The lowest BCUT2D eigenvalue weighted by Gasteiger charge is -2.38. The number of aryl methyl sites for hydroxylation is 2. The first-order valence-corrected chi connectivity index (χ1v) is 9.52. The van der Waals surface area contributed by atoms with Gasteiger partial charge in [0.15, 0.2) is 0 Å². The quantitative estimate of drug-likeness (QED) is 0.787. The van der Waals surface area contributed by atoms with Crippen molar-refractivity contribution < 1.29 is 9.59 Å². The van der Waals surface area contributed by atoms with Crippen molar-refractivity contribution in [3.63, 3.8) is 0 Å². The van der Waals surface area contributed by atoms with Crippen LogP contribution in [0.1, 0.15) is 17.5 Å². The number of anilines is 2. The molecule has 27 heavy (non-hydrogen) atoms. The highest BCUT2D eigenvalue weighted by Crippen LogP contribution is 2.28. The number of carbonyl (C=O) groups excluding carboxylic acids is 2. The number of hydrogen-bond acceptors (Lipinski definition) is 4. The molecule has 140 valence electrons. The van der Waals surface area contributed by atoms with E-state index in [4.69, 9.17) is 0 Å². The van der Waals surface area contributed by atoms with Gasteiger partial charge >= 0.3 is 0 Å². The van der Waals surface area contributed by atoms with Gasteiger partial charge in [-0.15, -0.1) is 0 Å². The molecular weight excluding hydrogens is 338 g/mol. The van der Waals surface area contributed by atoms with Crippen LogP contribution in [0.5, 0.6) is 0 Å². The van der Waals surface area contributed by atoms with E-state index >= 15 is 0 Å². The van der Waals surface area contributed by atoms with Gasteiger partial charge in [-0.1, -0.05) is 24.3 Å². The summed E-state index contributed by atoms with van der Waals surface area (Å²) >= 11 is 0. The number of imide groups is 1. The van der Waals surface area contributed by atoms with Gasteiger partial charge in [0, 0.05) is 31.9 Å². The Bertz CT molecular complexity index is 857. The highest BCUT2D eigenvalue weighted by Gasteiger charge is 2.43. The van der Waals surface area contributed by atoms with E-state index in [0.717, 1.165) is 37.3 Å². The third kappa shape index (κ3) is 3.35. The number of para-hydroxylation sites is 1. The second-order valence-corrected chi connectivity index (χ2v) is 7.41. The highest BCUT2D eigenvalue weighted by molar-refractivity contribution is 6.22. The second kappa shape index (κ2) is 7.16. The van der Waals surface area contributed by atoms with Crippen LogP contribution in [0.2, 0.25) is 0 Å². The van der Waals surface area contributed by atoms with Gasteiger partial charge in [-0.3, -0.25) is 14.5 Å². The zero-order valence-electron chi connectivity index (χ0n) is 15.9. The number of rotatable bonds is 3. The lowest BCUT2D eigenvalue weighted by molar-refractivity contribution is -0.123. The van der Waals surface area contributed by atoms with Crippen molar-refractivity contribution in [3.8, 4) is 0 Å². The summed E-state index contributed by atoms with van der Waals surface area (Å²) in [7, 11) is 0. The van der Waals surface area contributed by atoms with E-state index < -0.39 is 0 Å². The lowest BCUT2D eigenvalue weighted by Crippen LogP contribution is -2.52. The number of amides is 2. The Balaban J connectivity index is 1.45. The van der Waals surface area contributed by atoms with E-state index in [0.29, 0.717) is 5.69 Å². The fourth-order valence-corrected chi connectivity index (χ4v) is 3.97. The van der Waals surface area contributed by atoms with Crippen LogP contribution >= 0.6 is 0 Å². The van der Waals surface area contributed by atoms with Crippen molar-refractivity contribution in [3.05, 3.63) is 59.7 Å². The molecule has 1 atom stereocenters. The molecule has 2 heterocycles. The predicted octanol–water partition coefficient (Wildman–Crippen LogP) is 2.76. The summed E-state index contributed by atoms with van der Waals surface area (Å²) < 4.78 is 0. The van der Waals surface area contributed by atoms with Crippen LogP contribution in [0.3, 0.4) is 0 Å². The van der Waals surface area contributed by atoms with Crippen LogP contribution in [-0.2, 0) is 9.59 Å². The fraction of sp³-hybridized carbons (Fsp3) is 0.364. The maximum atomic E-state index is 13.0. The summed E-state index contributed by atoms with van der Waals surface area (Å²) in [5.41, 5.74) is 4.15. The monoisotopic (exact) mass is 363 g/mol. The summed E-state index contributed by atoms with van der Waals surface area (Å²) in [4.78, 5) is 31.5. The molecule has 0 aromatic heterocycles. The SMILES string of the molecule is Cc1ccc(N2C(=O)CC(N3CCN(c4ccccc4)CC3)C2=O)cc1C. The number of nitrogens with zero attached hydrogens (tertiary/aromatic N) is 3. The highest BCUT2D eigenvalue weighted by atomic mass is 16.2. The molecule has 0 N–H and O–H groups in total. The summed E-state index contributed by atoms with van der Waals surface area (Å²) in [5.74, 6) is -0.185. The molecule has 4 rings (SSSR count). The Labute approximate surface area is 160 Å². The number of hydrogen-bond donors (Lipinski definition) is 0. The standard InChI is InChI=1S/C22H25N3O2/c1-16-8-9-19(14-17(16)2)25-21(26)15-20(22(25)27)24-12-10-23(11-13-24)18-6-4-3-5-7-18/h3-9,14,20H,10-13,15H2,1-2H3. The molecule has 0 aliphatic carbocycles. The summed E-state index contributed by atoms with van der Waals surface area (Å²) in [6.07, 6.45) is 0.275. The first-order chi connectivity index (χ1) is 13.0. The predicted molar refractivity (Wildman–Crippen MR) is 107 cm³/mol. The van der Waals surface area contributed by atoms with Gasteiger partial charge in [0.1, 0.15) is 0 Å². The molecule has 0 radical (unpaired) electrons. The van der Waals surface area contributed by atoms with Gasteiger partial charge in [0.05, 0.1) is 18.2 Å². The Kier molecular flexibility index (Phi) is 4.70. The normalized spacial score (nSPS) is 21.2. The van der Waals surface area contributed by atoms with Crippen LogP contribution < -0.4 is 9.80 Å². The maximum Gasteiger partial charge on any atom is 0.251 e. The van der Waals surface area contributed by atoms with E-state index in [1.165, 1.54) is 10.6 Å². The molecule has 2 aliphatic heterocycles. The maximum absolute atomic E-state index is 13.0. The molecule has 2 saturated heterocycles. The van der Waals surface area contributed by atoms with Crippen molar-refractivity contribution in [2.75, 3.05) is 36.0 Å². The zero-order valence-corrected chi connectivity index (χ0v) is 15.9. The Morgan fingerprint density at radius 2 is 1.52 bits per heavy atom. The molecule has 0 spiro atoms. The molecule has 2 aliphatic rings. The average Bonchev–Trinajstić information content (AvgIpc) is 2.99. The average molecular weight is 363 g/mol. The molecule has 2 amide bonds.